The molecular formula is C23H22FN3O6. The molecule has 0 radical (unpaired) electrons. The number of anilines is 1. The molecule has 0 atom stereocenters. The maximum atomic E-state index is 14.1. The average molecular weight is 455 g/mol. The zero-order valence-corrected chi connectivity index (χ0v) is 18.0. The van der Waals surface area contributed by atoms with Crippen molar-refractivity contribution in [3.05, 3.63) is 91.9 Å². The van der Waals surface area contributed by atoms with Gasteiger partial charge < -0.3 is 15.2 Å². The molecule has 0 aliphatic carbocycles. The molecule has 9 nitrogen and oxygen atoms in total. The van der Waals surface area contributed by atoms with Crippen molar-refractivity contribution >= 4 is 17.6 Å². The number of aromatic nitrogens is 2. The van der Waals surface area contributed by atoms with E-state index in [-0.39, 0.29) is 24.7 Å². The van der Waals surface area contributed by atoms with Crippen LogP contribution in [-0.2, 0) is 17.8 Å². The third-order valence-electron chi connectivity index (χ3n) is 4.98. The van der Waals surface area contributed by atoms with Crippen LogP contribution in [0.1, 0.15) is 33.2 Å². The zero-order valence-electron chi connectivity index (χ0n) is 18.0. The molecular weight excluding hydrogens is 433 g/mol. The van der Waals surface area contributed by atoms with E-state index in [1.807, 2.05) is 0 Å². The number of hydrogen-bond acceptors (Lipinski definition) is 7. The normalized spacial score (nSPS) is 10.6. The number of esters is 1. The van der Waals surface area contributed by atoms with Crippen molar-refractivity contribution < 1.29 is 23.5 Å². The summed E-state index contributed by atoms with van der Waals surface area (Å²) < 4.78 is 25.9. The molecule has 0 unspecified atom stereocenters. The third-order valence-corrected chi connectivity index (χ3v) is 4.98. The van der Waals surface area contributed by atoms with Crippen molar-refractivity contribution in [1.82, 2.24) is 9.13 Å². The van der Waals surface area contributed by atoms with Crippen molar-refractivity contribution in [2.24, 2.45) is 0 Å². The van der Waals surface area contributed by atoms with Crippen molar-refractivity contribution in [1.29, 1.82) is 0 Å². The fourth-order valence-electron chi connectivity index (χ4n) is 3.24. The predicted molar refractivity (Wildman–Crippen MR) is 118 cm³/mol. The molecule has 2 aromatic carbocycles. The summed E-state index contributed by atoms with van der Waals surface area (Å²) in [5.74, 6) is -3.04. The summed E-state index contributed by atoms with van der Waals surface area (Å²) in [7, 11) is 1.34. The highest BCUT2D eigenvalue weighted by atomic mass is 19.1. The highest BCUT2D eigenvalue weighted by Gasteiger charge is 2.24. The Morgan fingerprint density at radius 2 is 1.76 bits per heavy atom. The Morgan fingerprint density at radius 3 is 2.36 bits per heavy atom. The van der Waals surface area contributed by atoms with Gasteiger partial charge in [-0.25, -0.2) is 14.0 Å². The Bertz CT molecular complexity index is 1310. The Morgan fingerprint density at radius 1 is 1.06 bits per heavy atom. The Balaban J connectivity index is 1.91. The lowest BCUT2D eigenvalue weighted by Crippen LogP contribution is -2.44. The van der Waals surface area contributed by atoms with Crippen LogP contribution in [0.5, 0.6) is 5.75 Å². The van der Waals surface area contributed by atoms with Gasteiger partial charge in [-0.15, -0.1) is 0 Å². The molecule has 3 aromatic rings. The van der Waals surface area contributed by atoms with Gasteiger partial charge in [-0.1, -0.05) is 30.3 Å². The first-order chi connectivity index (χ1) is 15.8. The van der Waals surface area contributed by atoms with Crippen LogP contribution in [0.15, 0.2) is 58.1 Å². The maximum Gasteiger partial charge on any atom is 0.341 e. The molecule has 33 heavy (non-hydrogen) atoms. The maximum absolute atomic E-state index is 14.1. The summed E-state index contributed by atoms with van der Waals surface area (Å²) in [6.07, 6.45) is 0. The van der Waals surface area contributed by atoms with Crippen LogP contribution >= 0.6 is 0 Å². The number of carbonyl (C=O) groups excluding carboxylic acids is 2. The number of hydrogen-bond donors (Lipinski definition) is 1. The number of Topliss-reactive ketones (excluding diaryl/α,β-unsaturated/α-hetero) is 1. The van der Waals surface area contributed by atoms with Crippen molar-refractivity contribution in [3.63, 3.8) is 0 Å². The van der Waals surface area contributed by atoms with Crippen LogP contribution in [0, 0.1) is 5.82 Å². The number of nitrogens with zero attached hydrogens (tertiary/aromatic N) is 2. The van der Waals surface area contributed by atoms with Gasteiger partial charge in [0.25, 0.3) is 5.56 Å². The molecule has 2 N–H and O–H groups in total. The average Bonchev–Trinajstić information content (AvgIpc) is 2.81. The number of benzene rings is 2. The summed E-state index contributed by atoms with van der Waals surface area (Å²) in [5.41, 5.74) is 4.34. The van der Waals surface area contributed by atoms with Crippen LogP contribution in [0.4, 0.5) is 10.2 Å². The monoisotopic (exact) mass is 455 g/mol. The van der Waals surface area contributed by atoms with E-state index < -0.39 is 46.6 Å². The number of halogens is 1. The number of carbonyl (C=O) groups is 2. The second-order valence-electron chi connectivity index (χ2n) is 7.01. The minimum atomic E-state index is -1.10. The number of methoxy groups -OCH3 is 1. The van der Waals surface area contributed by atoms with Crippen molar-refractivity contribution in [2.45, 2.75) is 20.0 Å². The van der Waals surface area contributed by atoms with E-state index in [2.05, 4.69) is 0 Å². The Labute approximate surface area is 187 Å². The first-order valence-corrected chi connectivity index (χ1v) is 9.99. The summed E-state index contributed by atoms with van der Waals surface area (Å²) >= 11 is 0. The standard InChI is InChI=1S/C23H22FN3O6/c1-3-26-21(29)19(20(25)27(23(26)31)12-14-7-5-4-6-8-14)18(28)13-33-22(30)16-10-9-15(32-2)11-17(16)24/h4-11H,3,12-13,25H2,1-2H3. The molecule has 0 fully saturated rings. The molecule has 3 rings (SSSR count). The molecule has 0 spiro atoms. The molecule has 1 heterocycles. The van der Waals surface area contributed by atoms with Crippen LogP contribution in [-0.4, -0.2) is 34.6 Å². The lowest BCUT2D eigenvalue weighted by atomic mass is 10.1. The van der Waals surface area contributed by atoms with Crippen molar-refractivity contribution in [2.75, 3.05) is 19.5 Å². The van der Waals surface area contributed by atoms with Crippen LogP contribution in [0.2, 0.25) is 0 Å². The fourth-order valence-corrected chi connectivity index (χ4v) is 3.24. The molecule has 172 valence electrons. The Kier molecular flexibility index (Phi) is 7.07. The van der Waals surface area contributed by atoms with E-state index in [0.29, 0.717) is 0 Å². The number of nitrogens with two attached hydrogens (primary N) is 1. The van der Waals surface area contributed by atoms with Gasteiger partial charge in [-0.2, -0.15) is 0 Å². The second-order valence-corrected chi connectivity index (χ2v) is 7.01. The predicted octanol–water partition coefficient (Wildman–Crippen LogP) is 1.85. The van der Waals surface area contributed by atoms with Crippen LogP contribution < -0.4 is 21.7 Å². The summed E-state index contributed by atoms with van der Waals surface area (Å²) in [6.45, 7) is 0.746. The van der Waals surface area contributed by atoms with Gasteiger partial charge in [-0.05, 0) is 24.6 Å². The minimum absolute atomic E-state index is 0.00383. The molecule has 0 amide bonds. The number of ketones is 1. The van der Waals surface area contributed by atoms with E-state index in [0.717, 1.165) is 26.8 Å². The van der Waals surface area contributed by atoms with E-state index in [1.165, 1.54) is 13.2 Å². The summed E-state index contributed by atoms with van der Waals surface area (Å²) in [5, 5.41) is 0. The minimum Gasteiger partial charge on any atom is -0.497 e. The lowest BCUT2D eigenvalue weighted by Gasteiger charge is -2.16. The number of ether oxygens (including phenoxy) is 2. The highest BCUT2D eigenvalue weighted by Crippen LogP contribution is 2.17. The van der Waals surface area contributed by atoms with Gasteiger partial charge in [0, 0.05) is 12.6 Å². The molecule has 0 saturated carbocycles. The Hall–Kier alpha value is -4.21. The summed E-state index contributed by atoms with van der Waals surface area (Å²) in [4.78, 5) is 50.5. The lowest BCUT2D eigenvalue weighted by molar-refractivity contribution is 0.0469. The first kappa shape index (κ1) is 23.5. The van der Waals surface area contributed by atoms with E-state index in [9.17, 15) is 23.6 Å². The molecule has 0 saturated heterocycles. The molecule has 10 heteroatoms. The van der Waals surface area contributed by atoms with Gasteiger partial charge in [0.15, 0.2) is 6.61 Å². The third kappa shape index (κ3) is 4.84. The molecule has 1 aromatic heterocycles. The molecule has 0 aliphatic heterocycles. The van der Waals surface area contributed by atoms with E-state index in [1.54, 1.807) is 37.3 Å². The number of nitrogen functional groups attached to an aromatic ring is 1. The van der Waals surface area contributed by atoms with Crippen LogP contribution in [0.3, 0.4) is 0 Å². The van der Waals surface area contributed by atoms with E-state index >= 15 is 0 Å². The highest BCUT2D eigenvalue weighted by molar-refractivity contribution is 6.02. The van der Waals surface area contributed by atoms with E-state index in [4.69, 9.17) is 15.2 Å². The SMILES string of the molecule is CCn1c(=O)c(C(=O)COC(=O)c2ccc(OC)cc2F)c(N)n(Cc2ccccc2)c1=O. The van der Waals surface area contributed by atoms with Crippen LogP contribution in [0.25, 0.3) is 0 Å². The van der Waals surface area contributed by atoms with Gasteiger partial charge in [0.05, 0.1) is 19.2 Å². The van der Waals surface area contributed by atoms with Gasteiger partial charge >= 0.3 is 11.7 Å². The molecule has 0 bridgehead atoms. The second kappa shape index (κ2) is 9.94. The largest absolute Gasteiger partial charge is 0.497 e. The smallest absolute Gasteiger partial charge is 0.341 e. The van der Waals surface area contributed by atoms with Gasteiger partial charge in [-0.3, -0.25) is 18.7 Å². The summed E-state index contributed by atoms with van der Waals surface area (Å²) in [6, 6.07) is 12.4. The zero-order chi connectivity index (χ0) is 24.1. The molecule has 0 aliphatic rings. The van der Waals surface area contributed by atoms with Crippen molar-refractivity contribution in [3.8, 4) is 5.75 Å². The van der Waals surface area contributed by atoms with Gasteiger partial charge in [0.2, 0.25) is 5.78 Å². The number of rotatable bonds is 8. The topological polar surface area (TPSA) is 123 Å². The first-order valence-electron chi connectivity index (χ1n) is 9.99. The van der Waals surface area contributed by atoms with Gasteiger partial charge in [0.1, 0.15) is 22.9 Å². The fraction of sp³-hybridized carbons (Fsp3) is 0.217. The quantitative estimate of drug-likeness (QED) is 0.406.